The van der Waals surface area contributed by atoms with Gasteiger partial charge in [0.05, 0.1) is 0 Å². The van der Waals surface area contributed by atoms with Gasteiger partial charge in [0.15, 0.2) is 0 Å². The number of carbonyl (C=O) groups excluding carboxylic acids is 2. The van der Waals surface area contributed by atoms with Crippen molar-refractivity contribution in [1.82, 2.24) is 15.1 Å². The number of primary amides is 1. The van der Waals surface area contributed by atoms with Crippen LogP contribution in [0.5, 0.6) is 0 Å². The van der Waals surface area contributed by atoms with Crippen LogP contribution in [0, 0.1) is 18.6 Å². The van der Waals surface area contributed by atoms with Gasteiger partial charge in [0.25, 0.3) is 11.8 Å². The van der Waals surface area contributed by atoms with Gasteiger partial charge in [0.2, 0.25) is 0 Å². The van der Waals surface area contributed by atoms with E-state index in [0.29, 0.717) is 11.1 Å². The second kappa shape index (κ2) is 8.55. The van der Waals surface area contributed by atoms with Gasteiger partial charge in [-0.25, -0.2) is 13.5 Å². The third kappa shape index (κ3) is 4.40. The molecule has 7 nitrogen and oxygen atoms in total. The number of hydrogen-bond donors (Lipinski definition) is 3. The highest BCUT2D eigenvalue weighted by atomic mass is 19.1. The normalized spacial score (nSPS) is 11.0. The molecule has 0 spiro atoms. The molecule has 0 bridgehead atoms. The highest BCUT2D eigenvalue weighted by molar-refractivity contribution is 6.03. The van der Waals surface area contributed by atoms with E-state index in [9.17, 15) is 18.4 Å². The second-order valence-electron chi connectivity index (χ2n) is 7.47. The smallest absolute Gasteiger partial charge is 0.254 e. The lowest BCUT2D eigenvalue weighted by Gasteiger charge is -2.09. The second-order valence-corrected chi connectivity index (χ2v) is 7.47. The summed E-state index contributed by atoms with van der Waals surface area (Å²) in [5.41, 5.74) is 12.8. The van der Waals surface area contributed by atoms with Crippen molar-refractivity contribution in [3.05, 3.63) is 70.3 Å². The maximum atomic E-state index is 14.9. The van der Waals surface area contributed by atoms with Gasteiger partial charge in [-0.3, -0.25) is 9.59 Å². The SMILES string of the molecule is Cc1ccc(F)cc1C(=O)NCc1ccc(-c2nn(C(C)C)c(N)c2C(N)=O)c(F)c1. The van der Waals surface area contributed by atoms with E-state index in [-0.39, 0.29) is 40.8 Å². The molecule has 162 valence electrons. The molecule has 3 rings (SSSR count). The average molecular weight is 427 g/mol. The van der Waals surface area contributed by atoms with Gasteiger partial charge in [0, 0.05) is 23.7 Å². The first kappa shape index (κ1) is 21.9. The molecule has 0 aliphatic carbocycles. The largest absolute Gasteiger partial charge is 0.383 e. The first-order valence-corrected chi connectivity index (χ1v) is 9.61. The summed E-state index contributed by atoms with van der Waals surface area (Å²) in [4.78, 5) is 24.2. The Morgan fingerprint density at radius 1 is 1.16 bits per heavy atom. The van der Waals surface area contributed by atoms with Crippen LogP contribution in [0.2, 0.25) is 0 Å². The first-order valence-electron chi connectivity index (χ1n) is 9.61. The predicted octanol–water partition coefficient (Wildman–Crippen LogP) is 3.33. The molecule has 0 unspecified atom stereocenters. The molecular formula is C22H23F2N5O2. The number of aryl methyl sites for hydroxylation is 1. The fraction of sp³-hybridized carbons (Fsp3) is 0.227. The summed E-state index contributed by atoms with van der Waals surface area (Å²) in [7, 11) is 0. The third-order valence-electron chi connectivity index (χ3n) is 4.87. The van der Waals surface area contributed by atoms with Crippen molar-refractivity contribution in [2.45, 2.75) is 33.4 Å². The molecule has 1 aromatic heterocycles. The van der Waals surface area contributed by atoms with Gasteiger partial charge < -0.3 is 16.8 Å². The molecule has 5 N–H and O–H groups in total. The summed E-state index contributed by atoms with van der Waals surface area (Å²) >= 11 is 0. The number of nitrogens with one attached hydrogen (secondary N) is 1. The van der Waals surface area contributed by atoms with Crippen LogP contribution in [-0.4, -0.2) is 21.6 Å². The number of benzene rings is 2. The maximum absolute atomic E-state index is 14.9. The van der Waals surface area contributed by atoms with Gasteiger partial charge in [-0.05, 0) is 56.2 Å². The Bertz CT molecular complexity index is 1170. The zero-order valence-corrected chi connectivity index (χ0v) is 17.4. The number of halogens is 2. The van der Waals surface area contributed by atoms with E-state index >= 15 is 0 Å². The molecule has 0 radical (unpaired) electrons. The molecule has 0 saturated carbocycles. The van der Waals surface area contributed by atoms with Crippen LogP contribution in [0.25, 0.3) is 11.3 Å². The van der Waals surface area contributed by atoms with Gasteiger partial charge in [-0.2, -0.15) is 5.10 Å². The van der Waals surface area contributed by atoms with Crippen LogP contribution >= 0.6 is 0 Å². The van der Waals surface area contributed by atoms with E-state index in [2.05, 4.69) is 10.4 Å². The Kier molecular flexibility index (Phi) is 6.05. The van der Waals surface area contributed by atoms with Crippen LogP contribution in [0.1, 0.15) is 51.7 Å². The lowest BCUT2D eigenvalue weighted by Crippen LogP contribution is -2.23. The Morgan fingerprint density at radius 3 is 2.48 bits per heavy atom. The van der Waals surface area contributed by atoms with Crippen LogP contribution in [-0.2, 0) is 6.54 Å². The standard InChI is InChI=1S/C22H23F2N5O2/c1-11(2)29-20(25)18(21(26)30)19(28-29)15-7-5-13(8-17(15)24)10-27-22(31)16-9-14(23)6-4-12(16)3/h4-9,11H,10,25H2,1-3H3,(H2,26,30)(H,27,31). The Balaban J connectivity index is 1.86. The highest BCUT2D eigenvalue weighted by Gasteiger charge is 2.24. The van der Waals surface area contributed by atoms with E-state index < -0.39 is 23.4 Å². The number of amides is 2. The van der Waals surface area contributed by atoms with E-state index in [4.69, 9.17) is 11.5 Å². The molecule has 0 aliphatic heterocycles. The van der Waals surface area contributed by atoms with Gasteiger partial charge in [-0.1, -0.05) is 12.1 Å². The van der Waals surface area contributed by atoms with Crippen LogP contribution in [0.4, 0.5) is 14.6 Å². The van der Waals surface area contributed by atoms with Crippen molar-refractivity contribution in [3.63, 3.8) is 0 Å². The molecular weight excluding hydrogens is 404 g/mol. The number of hydrogen-bond acceptors (Lipinski definition) is 4. The van der Waals surface area contributed by atoms with Crippen molar-refractivity contribution < 1.29 is 18.4 Å². The Morgan fingerprint density at radius 2 is 1.87 bits per heavy atom. The zero-order chi connectivity index (χ0) is 22.9. The number of nitrogens with two attached hydrogens (primary N) is 2. The fourth-order valence-corrected chi connectivity index (χ4v) is 3.25. The minimum absolute atomic E-state index is 0.0250. The van der Waals surface area contributed by atoms with E-state index in [1.807, 2.05) is 13.8 Å². The number of anilines is 1. The van der Waals surface area contributed by atoms with Crippen LogP contribution < -0.4 is 16.8 Å². The zero-order valence-electron chi connectivity index (χ0n) is 17.4. The summed E-state index contributed by atoms with van der Waals surface area (Å²) < 4.78 is 29.7. The molecule has 0 saturated heterocycles. The minimum atomic E-state index is -0.805. The Hall–Kier alpha value is -3.75. The summed E-state index contributed by atoms with van der Waals surface area (Å²) in [5.74, 6) is -2.37. The van der Waals surface area contributed by atoms with Crippen LogP contribution in [0.3, 0.4) is 0 Å². The molecule has 9 heteroatoms. The maximum Gasteiger partial charge on any atom is 0.254 e. The quantitative estimate of drug-likeness (QED) is 0.559. The number of aromatic nitrogens is 2. The third-order valence-corrected chi connectivity index (χ3v) is 4.87. The summed E-state index contributed by atoms with van der Waals surface area (Å²) in [6, 6.07) is 8.04. The van der Waals surface area contributed by atoms with Gasteiger partial charge in [-0.15, -0.1) is 0 Å². The monoisotopic (exact) mass is 427 g/mol. The molecule has 1 heterocycles. The first-order chi connectivity index (χ1) is 14.6. The molecule has 0 aliphatic rings. The summed E-state index contributed by atoms with van der Waals surface area (Å²) in [6.45, 7) is 5.36. The summed E-state index contributed by atoms with van der Waals surface area (Å²) in [6.07, 6.45) is 0. The van der Waals surface area contributed by atoms with Crippen molar-refractivity contribution in [2.24, 2.45) is 5.73 Å². The van der Waals surface area contributed by atoms with E-state index in [1.165, 1.54) is 28.9 Å². The fourth-order valence-electron chi connectivity index (χ4n) is 3.25. The lowest BCUT2D eigenvalue weighted by atomic mass is 10.0. The predicted molar refractivity (Wildman–Crippen MR) is 113 cm³/mol. The van der Waals surface area contributed by atoms with Crippen molar-refractivity contribution in [1.29, 1.82) is 0 Å². The highest BCUT2D eigenvalue weighted by Crippen LogP contribution is 2.31. The lowest BCUT2D eigenvalue weighted by molar-refractivity contribution is 0.0948. The van der Waals surface area contributed by atoms with Crippen molar-refractivity contribution in [3.8, 4) is 11.3 Å². The van der Waals surface area contributed by atoms with Crippen molar-refractivity contribution >= 4 is 17.6 Å². The van der Waals surface area contributed by atoms with E-state index in [0.717, 1.165) is 6.07 Å². The average Bonchev–Trinajstić information content (AvgIpc) is 3.05. The number of carbonyl (C=O) groups is 2. The molecule has 2 amide bonds. The molecule has 0 fully saturated rings. The molecule has 3 aromatic rings. The van der Waals surface area contributed by atoms with Crippen molar-refractivity contribution in [2.75, 3.05) is 5.73 Å². The molecule has 31 heavy (non-hydrogen) atoms. The Labute approximate surface area is 178 Å². The number of nitrogens with zero attached hydrogens (tertiary/aromatic N) is 2. The molecule has 2 aromatic carbocycles. The van der Waals surface area contributed by atoms with Gasteiger partial charge >= 0.3 is 0 Å². The van der Waals surface area contributed by atoms with E-state index in [1.54, 1.807) is 13.0 Å². The summed E-state index contributed by atoms with van der Waals surface area (Å²) in [5, 5.41) is 6.91. The minimum Gasteiger partial charge on any atom is -0.383 e. The molecule has 0 atom stereocenters. The number of nitrogen functional groups attached to an aromatic ring is 1. The van der Waals surface area contributed by atoms with Gasteiger partial charge in [0.1, 0.15) is 28.7 Å². The number of rotatable bonds is 6. The van der Waals surface area contributed by atoms with Crippen LogP contribution in [0.15, 0.2) is 36.4 Å². The topological polar surface area (TPSA) is 116 Å².